The summed E-state index contributed by atoms with van der Waals surface area (Å²) >= 11 is 0. The number of rotatable bonds is 1. The van der Waals surface area contributed by atoms with Crippen molar-refractivity contribution in [1.82, 2.24) is 4.98 Å². The molecule has 0 bridgehead atoms. The van der Waals surface area contributed by atoms with Crippen LogP contribution < -0.4 is 0 Å². The number of hydrogen-bond donors (Lipinski definition) is 0. The lowest BCUT2D eigenvalue weighted by atomic mass is 10.2. The van der Waals surface area contributed by atoms with E-state index in [0.29, 0.717) is 5.39 Å². The van der Waals surface area contributed by atoms with Gasteiger partial charge in [0.2, 0.25) is 0 Å². The molecular formula is C9H6BrClFNO2S. The highest BCUT2D eigenvalue weighted by atomic mass is 79.9. The van der Waals surface area contributed by atoms with Crippen LogP contribution in [-0.2, 0) is 9.05 Å². The summed E-state index contributed by atoms with van der Waals surface area (Å²) in [5.41, 5.74) is 0. The van der Waals surface area contributed by atoms with Crippen LogP contribution in [0.1, 0.15) is 0 Å². The monoisotopic (exact) mass is 325 g/mol. The van der Waals surface area contributed by atoms with Gasteiger partial charge in [-0.1, -0.05) is 12.1 Å². The molecule has 0 amide bonds. The Morgan fingerprint density at radius 3 is 2.56 bits per heavy atom. The summed E-state index contributed by atoms with van der Waals surface area (Å²) in [4.78, 5) is 3.39. The molecule has 0 aliphatic heterocycles. The van der Waals surface area contributed by atoms with Crippen molar-refractivity contribution < 1.29 is 12.8 Å². The van der Waals surface area contributed by atoms with Crippen LogP contribution in [0.25, 0.3) is 10.8 Å². The highest BCUT2D eigenvalue weighted by molar-refractivity contribution is 8.93. The molecule has 0 saturated heterocycles. The minimum absolute atomic E-state index is 0. The van der Waals surface area contributed by atoms with E-state index in [9.17, 15) is 12.8 Å². The highest BCUT2D eigenvalue weighted by Crippen LogP contribution is 2.26. The standard InChI is InChI=1S/C9H5ClFNO2S.BrH/c10-15(13,14)8-3-1-2-6-4-12-5-7(11)9(6)8;/h1-5H;1H. The third-order valence-electron chi connectivity index (χ3n) is 1.96. The van der Waals surface area contributed by atoms with E-state index in [4.69, 9.17) is 10.7 Å². The Morgan fingerprint density at radius 1 is 1.25 bits per heavy atom. The molecule has 0 radical (unpaired) electrons. The van der Waals surface area contributed by atoms with Crippen LogP contribution in [0.3, 0.4) is 0 Å². The number of aromatic nitrogens is 1. The molecule has 2 aromatic rings. The fourth-order valence-corrected chi connectivity index (χ4v) is 2.45. The maximum absolute atomic E-state index is 13.4. The normalized spacial score (nSPS) is 11.1. The number of halogens is 3. The Morgan fingerprint density at radius 2 is 1.94 bits per heavy atom. The minimum atomic E-state index is -3.95. The first-order chi connectivity index (χ1) is 7.00. The average molecular weight is 327 g/mol. The minimum Gasteiger partial charge on any atom is -0.261 e. The van der Waals surface area contributed by atoms with E-state index in [0.717, 1.165) is 6.20 Å². The Labute approximate surface area is 106 Å². The van der Waals surface area contributed by atoms with Gasteiger partial charge in [0, 0.05) is 27.7 Å². The summed E-state index contributed by atoms with van der Waals surface area (Å²) < 4.78 is 35.7. The molecule has 0 atom stereocenters. The Kier molecular flexibility index (Phi) is 3.88. The molecule has 7 heteroatoms. The second kappa shape index (κ2) is 4.65. The quantitative estimate of drug-likeness (QED) is 0.757. The lowest BCUT2D eigenvalue weighted by Crippen LogP contribution is -1.94. The summed E-state index contributed by atoms with van der Waals surface area (Å²) in [5, 5.41) is 0.374. The largest absolute Gasteiger partial charge is 0.262 e. The highest BCUT2D eigenvalue weighted by Gasteiger charge is 2.16. The van der Waals surface area contributed by atoms with Crippen LogP contribution in [0.5, 0.6) is 0 Å². The van der Waals surface area contributed by atoms with Crippen molar-refractivity contribution in [2.45, 2.75) is 4.90 Å². The Bertz CT molecular complexity index is 627. The van der Waals surface area contributed by atoms with Gasteiger partial charge < -0.3 is 0 Å². The number of nitrogens with zero attached hydrogens (tertiary/aromatic N) is 1. The van der Waals surface area contributed by atoms with E-state index >= 15 is 0 Å². The Balaban J connectivity index is 0.00000128. The first kappa shape index (κ1) is 13.3. The molecule has 0 fully saturated rings. The van der Waals surface area contributed by atoms with E-state index in [1.807, 2.05) is 0 Å². The molecule has 0 N–H and O–H groups in total. The molecular weight excluding hydrogens is 321 g/mol. The van der Waals surface area contributed by atoms with Gasteiger partial charge in [0.15, 0.2) is 5.82 Å². The topological polar surface area (TPSA) is 47.0 Å². The second-order valence-electron chi connectivity index (χ2n) is 2.91. The third kappa shape index (κ3) is 2.34. The fraction of sp³-hybridized carbons (Fsp3) is 0. The van der Waals surface area contributed by atoms with E-state index < -0.39 is 14.9 Å². The van der Waals surface area contributed by atoms with E-state index in [1.165, 1.54) is 18.3 Å². The summed E-state index contributed by atoms with van der Waals surface area (Å²) in [6, 6.07) is 4.31. The van der Waals surface area contributed by atoms with Crippen molar-refractivity contribution >= 4 is 47.5 Å². The Hall–Kier alpha value is -0.720. The first-order valence-corrected chi connectivity index (χ1v) is 6.28. The van der Waals surface area contributed by atoms with Crippen LogP contribution in [0.15, 0.2) is 35.5 Å². The molecule has 1 aromatic carbocycles. The zero-order valence-corrected chi connectivity index (χ0v) is 11.0. The van der Waals surface area contributed by atoms with Crippen LogP contribution >= 0.6 is 27.7 Å². The van der Waals surface area contributed by atoms with Crippen molar-refractivity contribution in [3.8, 4) is 0 Å². The van der Waals surface area contributed by atoms with Crippen LogP contribution in [0.2, 0.25) is 0 Å². The average Bonchev–Trinajstić information content (AvgIpc) is 2.16. The lowest BCUT2D eigenvalue weighted by molar-refractivity contribution is 0.607. The van der Waals surface area contributed by atoms with Gasteiger partial charge in [-0.3, -0.25) is 4.98 Å². The van der Waals surface area contributed by atoms with Crippen molar-refractivity contribution in [2.75, 3.05) is 0 Å². The van der Waals surface area contributed by atoms with E-state index in [1.54, 1.807) is 6.07 Å². The van der Waals surface area contributed by atoms with Gasteiger partial charge in [-0.15, -0.1) is 17.0 Å². The molecule has 0 unspecified atom stereocenters. The molecule has 1 heterocycles. The number of fused-ring (bicyclic) bond motifs is 1. The molecule has 1 aromatic heterocycles. The predicted molar refractivity (Wildman–Crippen MR) is 65.1 cm³/mol. The van der Waals surface area contributed by atoms with Gasteiger partial charge >= 0.3 is 0 Å². The third-order valence-corrected chi connectivity index (χ3v) is 3.33. The van der Waals surface area contributed by atoms with Gasteiger partial charge in [0.05, 0.1) is 11.1 Å². The zero-order valence-electron chi connectivity index (χ0n) is 7.72. The van der Waals surface area contributed by atoms with Gasteiger partial charge in [-0.25, -0.2) is 12.8 Å². The molecule has 0 saturated carbocycles. The van der Waals surface area contributed by atoms with Crippen LogP contribution in [0, 0.1) is 5.82 Å². The van der Waals surface area contributed by atoms with E-state index in [-0.39, 0.29) is 27.3 Å². The van der Waals surface area contributed by atoms with Crippen LogP contribution in [0.4, 0.5) is 4.39 Å². The van der Waals surface area contributed by atoms with Crippen molar-refractivity contribution in [3.05, 3.63) is 36.4 Å². The molecule has 0 spiro atoms. The molecule has 2 rings (SSSR count). The van der Waals surface area contributed by atoms with Gasteiger partial charge in [0.25, 0.3) is 9.05 Å². The van der Waals surface area contributed by atoms with Crippen molar-refractivity contribution in [2.24, 2.45) is 0 Å². The SMILES string of the molecule is Br.O=S(=O)(Cl)c1cccc2cncc(F)c12. The first-order valence-electron chi connectivity index (χ1n) is 3.97. The number of hydrogen-bond acceptors (Lipinski definition) is 3. The van der Waals surface area contributed by atoms with Crippen LogP contribution in [-0.4, -0.2) is 13.4 Å². The maximum Gasteiger partial charge on any atom is 0.262 e. The number of benzene rings is 1. The second-order valence-corrected chi connectivity index (χ2v) is 5.45. The number of pyridine rings is 1. The summed E-state index contributed by atoms with van der Waals surface area (Å²) in [6.07, 6.45) is 2.33. The molecule has 16 heavy (non-hydrogen) atoms. The van der Waals surface area contributed by atoms with E-state index in [2.05, 4.69) is 4.98 Å². The maximum atomic E-state index is 13.4. The van der Waals surface area contributed by atoms with Gasteiger partial charge in [-0.05, 0) is 6.07 Å². The molecule has 86 valence electrons. The predicted octanol–water partition coefficient (Wildman–Crippen LogP) is 2.88. The fourth-order valence-electron chi connectivity index (χ4n) is 1.36. The molecule has 0 aliphatic carbocycles. The van der Waals surface area contributed by atoms with Crippen molar-refractivity contribution in [3.63, 3.8) is 0 Å². The smallest absolute Gasteiger partial charge is 0.261 e. The van der Waals surface area contributed by atoms with Crippen molar-refractivity contribution in [1.29, 1.82) is 0 Å². The van der Waals surface area contributed by atoms with Gasteiger partial charge in [0.1, 0.15) is 0 Å². The molecule has 3 nitrogen and oxygen atoms in total. The summed E-state index contributed by atoms with van der Waals surface area (Å²) in [7, 11) is 1.25. The zero-order chi connectivity index (χ0) is 11.1. The van der Waals surface area contributed by atoms with Gasteiger partial charge in [-0.2, -0.15) is 0 Å². The summed E-state index contributed by atoms with van der Waals surface area (Å²) in [6.45, 7) is 0. The lowest BCUT2D eigenvalue weighted by Gasteiger charge is -2.03. The molecule has 0 aliphatic rings. The summed E-state index contributed by atoms with van der Waals surface area (Å²) in [5.74, 6) is -0.702.